The summed E-state index contributed by atoms with van der Waals surface area (Å²) >= 11 is 0. The average Bonchev–Trinajstić information content (AvgIpc) is 3.11. The Balaban J connectivity index is 1.63. The van der Waals surface area contributed by atoms with E-state index in [4.69, 9.17) is 4.74 Å². The van der Waals surface area contributed by atoms with E-state index in [0.29, 0.717) is 25.1 Å². The maximum Gasteiger partial charge on any atom is 0.414 e. The smallest absolute Gasteiger partial charge is 0.414 e. The summed E-state index contributed by atoms with van der Waals surface area (Å²) in [5.41, 5.74) is 3.44. The van der Waals surface area contributed by atoms with Gasteiger partial charge in [0.15, 0.2) is 5.78 Å². The standard InChI is InChI=1S/C23H27N3O4/c1-16(27)24-14-21-15-26(23(29)30-21)20-10-8-18(9-11-20)17-4-6-19(7-5-17)22(28)12-13-25(2)3/h4-11,21H,12-15H2,1-3H3,(H,24,27). The fourth-order valence-corrected chi connectivity index (χ4v) is 3.25. The molecule has 0 aliphatic carbocycles. The van der Waals surface area contributed by atoms with Crippen LogP contribution in [0.2, 0.25) is 0 Å². The van der Waals surface area contributed by atoms with E-state index in [-0.39, 0.29) is 17.8 Å². The van der Waals surface area contributed by atoms with E-state index < -0.39 is 6.09 Å². The van der Waals surface area contributed by atoms with Gasteiger partial charge in [-0.25, -0.2) is 4.79 Å². The monoisotopic (exact) mass is 409 g/mol. The molecule has 1 atom stereocenters. The largest absolute Gasteiger partial charge is 0.442 e. The van der Waals surface area contributed by atoms with Crippen LogP contribution in [0.1, 0.15) is 23.7 Å². The van der Waals surface area contributed by atoms with Crippen LogP contribution < -0.4 is 10.2 Å². The molecule has 1 fully saturated rings. The van der Waals surface area contributed by atoms with Gasteiger partial charge in [-0.05, 0) is 37.4 Å². The van der Waals surface area contributed by atoms with Crippen LogP contribution >= 0.6 is 0 Å². The van der Waals surface area contributed by atoms with Crippen LogP contribution in [0.25, 0.3) is 11.1 Å². The number of hydrogen-bond acceptors (Lipinski definition) is 5. The summed E-state index contributed by atoms with van der Waals surface area (Å²) in [6.07, 6.45) is -0.284. The lowest BCUT2D eigenvalue weighted by molar-refractivity contribution is -0.119. The van der Waals surface area contributed by atoms with Crippen molar-refractivity contribution in [2.45, 2.75) is 19.4 Å². The number of rotatable bonds is 8. The van der Waals surface area contributed by atoms with Gasteiger partial charge in [0.2, 0.25) is 5.91 Å². The molecule has 2 aromatic carbocycles. The van der Waals surface area contributed by atoms with Crippen LogP contribution in [0.3, 0.4) is 0 Å². The molecule has 1 aliphatic heterocycles. The molecule has 30 heavy (non-hydrogen) atoms. The molecule has 7 heteroatoms. The van der Waals surface area contributed by atoms with Gasteiger partial charge in [-0.1, -0.05) is 36.4 Å². The lowest BCUT2D eigenvalue weighted by Gasteiger charge is -2.14. The first-order valence-electron chi connectivity index (χ1n) is 9.94. The summed E-state index contributed by atoms with van der Waals surface area (Å²) in [6, 6.07) is 15.2. The summed E-state index contributed by atoms with van der Waals surface area (Å²) in [7, 11) is 3.90. The summed E-state index contributed by atoms with van der Waals surface area (Å²) in [5, 5.41) is 2.67. The minimum absolute atomic E-state index is 0.131. The fraction of sp³-hybridized carbons (Fsp3) is 0.348. The van der Waals surface area contributed by atoms with Gasteiger partial charge in [0.25, 0.3) is 0 Å². The molecule has 2 amide bonds. The number of benzene rings is 2. The number of carbonyl (C=O) groups is 3. The lowest BCUT2D eigenvalue weighted by atomic mass is 10.0. The first-order chi connectivity index (χ1) is 14.3. The minimum Gasteiger partial charge on any atom is -0.442 e. The quantitative estimate of drug-likeness (QED) is 0.678. The van der Waals surface area contributed by atoms with Gasteiger partial charge in [0.05, 0.1) is 13.1 Å². The molecule has 1 aliphatic rings. The van der Waals surface area contributed by atoms with E-state index >= 15 is 0 Å². The highest BCUT2D eigenvalue weighted by molar-refractivity contribution is 5.96. The van der Waals surface area contributed by atoms with Crippen molar-refractivity contribution in [3.8, 4) is 11.1 Å². The Kier molecular flexibility index (Phi) is 6.84. The molecular weight excluding hydrogens is 382 g/mol. The molecule has 1 N–H and O–H groups in total. The predicted molar refractivity (Wildman–Crippen MR) is 116 cm³/mol. The molecular formula is C23H27N3O4. The third-order valence-corrected chi connectivity index (χ3v) is 4.96. The second kappa shape index (κ2) is 9.54. The molecule has 3 rings (SSSR count). The second-order valence-corrected chi connectivity index (χ2v) is 7.65. The van der Waals surface area contributed by atoms with E-state index in [9.17, 15) is 14.4 Å². The van der Waals surface area contributed by atoms with Crippen molar-refractivity contribution in [2.24, 2.45) is 0 Å². The number of ketones is 1. The number of cyclic esters (lactones) is 1. The highest BCUT2D eigenvalue weighted by Gasteiger charge is 2.32. The molecule has 2 aromatic rings. The molecule has 1 heterocycles. The Morgan fingerprint density at radius 2 is 1.67 bits per heavy atom. The van der Waals surface area contributed by atoms with E-state index in [2.05, 4.69) is 5.32 Å². The number of nitrogens with one attached hydrogen (secondary N) is 1. The molecule has 158 valence electrons. The van der Waals surface area contributed by atoms with Gasteiger partial charge >= 0.3 is 6.09 Å². The number of ether oxygens (including phenoxy) is 1. The van der Waals surface area contributed by atoms with E-state index in [0.717, 1.165) is 23.4 Å². The van der Waals surface area contributed by atoms with Crippen molar-refractivity contribution in [3.05, 3.63) is 54.1 Å². The van der Waals surface area contributed by atoms with Crippen LogP contribution in [0, 0.1) is 0 Å². The van der Waals surface area contributed by atoms with Gasteiger partial charge in [0.1, 0.15) is 6.10 Å². The fourth-order valence-electron chi connectivity index (χ4n) is 3.25. The topological polar surface area (TPSA) is 79.0 Å². The van der Waals surface area contributed by atoms with E-state index in [1.54, 1.807) is 4.90 Å². The first kappa shape index (κ1) is 21.5. The number of nitrogens with zero attached hydrogens (tertiary/aromatic N) is 2. The van der Waals surface area contributed by atoms with E-state index in [1.165, 1.54) is 6.92 Å². The zero-order chi connectivity index (χ0) is 21.7. The third-order valence-electron chi connectivity index (χ3n) is 4.96. The van der Waals surface area contributed by atoms with Crippen molar-refractivity contribution in [2.75, 3.05) is 38.6 Å². The van der Waals surface area contributed by atoms with Gasteiger partial charge < -0.3 is 15.0 Å². The molecule has 0 bridgehead atoms. The van der Waals surface area contributed by atoms with E-state index in [1.807, 2.05) is 67.5 Å². The Labute approximate surface area is 176 Å². The van der Waals surface area contributed by atoms with Crippen molar-refractivity contribution in [3.63, 3.8) is 0 Å². The Morgan fingerprint density at radius 1 is 1.07 bits per heavy atom. The van der Waals surface area contributed by atoms with Crippen LogP contribution in [0.4, 0.5) is 10.5 Å². The number of Topliss-reactive ketones (excluding diaryl/α,β-unsaturated/α-hetero) is 1. The SMILES string of the molecule is CC(=O)NCC1CN(c2ccc(-c3ccc(C(=O)CCN(C)C)cc3)cc2)C(=O)O1. The molecule has 0 radical (unpaired) electrons. The van der Waals surface area contributed by atoms with Gasteiger partial charge in [-0.15, -0.1) is 0 Å². The highest BCUT2D eigenvalue weighted by atomic mass is 16.6. The summed E-state index contributed by atoms with van der Waals surface area (Å²) in [4.78, 5) is 39.0. The number of carbonyl (C=O) groups excluding carboxylic acids is 3. The molecule has 1 unspecified atom stereocenters. The Morgan fingerprint density at radius 3 is 2.23 bits per heavy atom. The Hall–Kier alpha value is -3.19. The van der Waals surface area contributed by atoms with Gasteiger partial charge in [0, 0.05) is 31.1 Å². The zero-order valence-electron chi connectivity index (χ0n) is 17.6. The maximum atomic E-state index is 12.2. The van der Waals surface area contributed by atoms with Crippen LogP contribution in [-0.2, 0) is 9.53 Å². The van der Waals surface area contributed by atoms with Crippen molar-refractivity contribution in [1.82, 2.24) is 10.2 Å². The van der Waals surface area contributed by atoms with Gasteiger partial charge in [-0.3, -0.25) is 14.5 Å². The molecule has 0 spiro atoms. The van der Waals surface area contributed by atoms with Crippen LogP contribution in [0.5, 0.6) is 0 Å². The average molecular weight is 409 g/mol. The zero-order valence-corrected chi connectivity index (χ0v) is 17.6. The maximum absolute atomic E-state index is 12.2. The molecule has 7 nitrogen and oxygen atoms in total. The lowest BCUT2D eigenvalue weighted by Crippen LogP contribution is -2.33. The molecule has 0 saturated carbocycles. The van der Waals surface area contributed by atoms with Crippen molar-refractivity contribution in [1.29, 1.82) is 0 Å². The predicted octanol–water partition coefficient (Wildman–Crippen LogP) is 2.95. The summed E-state index contributed by atoms with van der Waals surface area (Å²) in [5.74, 6) is -0.0220. The normalized spacial score (nSPS) is 15.9. The Bertz CT molecular complexity index is 907. The number of hydrogen-bond donors (Lipinski definition) is 1. The molecule has 1 saturated heterocycles. The number of anilines is 1. The highest BCUT2D eigenvalue weighted by Crippen LogP contribution is 2.26. The summed E-state index contributed by atoms with van der Waals surface area (Å²) in [6.45, 7) is 2.85. The second-order valence-electron chi connectivity index (χ2n) is 7.65. The minimum atomic E-state index is -0.418. The summed E-state index contributed by atoms with van der Waals surface area (Å²) < 4.78 is 5.30. The van der Waals surface area contributed by atoms with Gasteiger partial charge in [-0.2, -0.15) is 0 Å². The first-order valence-corrected chi connectivity index (χ1v) is 9.94. The third kappa shape index (κ3) is 5.45. The van der Waals surface area contributed by atoms with Crippen molar-refractivity contribution < 1.29 is 19.1 Å². The van der Waals surface area contributed by atoms with Crippen LogP contribution in [0.15, 0.2) is 48.5 Å². The molecule has 0 aromatic heterocycles. The van der Waals surface area contributed by atoms with Crippen molar-refractivity contribution >= 4 is 23.5 Å². The van der Waals surface area contributed by atoms with Crippen LogP contribution in [-0.4, -0.2) is 62.5 Å². The number of amides is 2.